The fourth-order valence-corrected chi connectivity index (χ4v) is 2.34. The van der Waals surface area contributed by atoms with Crippen LogP contribution in [0.5, 0.6) is 0 Å². The third-order valence-electron chi connectivity index (χ3n) is 3.91. The molecule has 100 valence electrons. The van der Waals surface area contributed by atoms with Gasteiger partial charge in [-0.15, -0.1) is 0 Å². The van der Waals surface area contributed by atoms with Gasteiger partial charge in [0, 0.05) is 0 Å². The third-order valence-corrected chi connectivity index (χ3v) is 3.91. The summed E-state index contributed by atoms with van der Waals surface area (Å²) in [5.41, 5.74) is 5.46. The van der Waals surface area contributed by atoms with Crippen LogP contribution in [-0.2, 0) is 9.53 Å². The van der Waals surface area contributed by atoms with Crippen LogP contribution in [0, 0.1) is 11.8 Å². The average molecular weight is 241 g/mol. The quantitative estimate of drug-likeness (QED) is 0.753. The molecule has 1 aliphatic rings. The number of esters is 1. The molecule has 0 atom stereocenters. The van der Waals surface area contributed by atoms with Gasteiger partial charge >= 0.3 is 5.97 Å². The van der Waals surface area contributed by atoms with Crippen LogP contribution >= 0.6 is 0 Å². The minimum Gasteiger partial charge on any atom is -0.464 e. The Hall–Kier alpha value is -0.570. The average Bonchev–Trinajstić information content (AvgIpc) is 2.29. The van der Waals surface area contributed by atoms with Gasteiger partial charge in [0.05, 0.1) is 6.61 Å². The Morgan fingerprint density at radius 2 is 2.00 bits per heavy atom. The number of nitrogens with two attached hydrogens (primary N) is 1. The van der Waals surface area contributed by atoms with Crippen molar-refractivity contribution in [1.29, 1.82) is 0 Å². The molecule has 0 saturated heterocycles. The lowest BCUT2D eigenvalue weighted by Crippen LogP contribution is -2.51. The third kappa shape index (κ3) is 4.30. The molecule has 1 rings (SSSR count). The molecular weight excluding hydrogens is 214 g/mol. The largest absolute Gasteiger partial charge is 0.464 e. The minimum atomic E-state index is -0.706. The molecule has 0 aromatic rings. The first-order chi connectivity index (χ1) is 7.98. The smallest absolute Gasteiger partial charge is 0.326 e. The van der Waals surface area contributed by atoms with Crippen molar-refractivity contribution in [2.75, 3.05) is 6.61 Å². The van der Waals surface area contributed by atoms with Gasteiger partial charge in [0.25, 0.3) is 0 Å². The van der Waals surface area contributed by atoms with Crippen LogP contribution < -0.4 is 5.73 Å². The molecule has 2 N–H and O–H groups in total. The van der Waals surface area contributed by atoms with Crippen molar-refractivity contribution >= 4 is 5.97 Å². The number of rotatable bonds is 5. The molecule has 0 radical (unpaired) electrons. The van der Waals surface area contributed by atoms with Crippen LogP contribution in [0.2, 0.25) is 0 Å². The summed E-state index contributed by atoms with van der Waals surface area (Å²) in [6.45, 7) is 6.96. The molecule has 17 heavy (non-hydrogen) atoms. The number of hydrogen-bond donors (Lipinski definition) is 1. The van der Waals surface area contributed by atoms with Crippen LogP contribution in [0.3, 0.4) is 0 Å². The number of carbonyl (C=O) groups excluding carboxylic acids is 1. The predicted molar refractivity (Wildman–Crippen MR) is 69.6 cm³/mol. The molecule has 0 aromatic carbocycles. The van der Waals surface area contributed by atoms with E-state index in [2.05, 4.69) is 20.8 Å². The Morgan fingerprint density at radius 3 is 2.47 bits per heavy atom. The van der Waals surface area contributed by atoms with E-state index in [0.717, 1.165) is 38.0 Å². The van der Waals surface area contributed by atoms with E-state index in [9.17, 15) is 4.79 Å². The van der Waals surface area contributed by atoms with Gasteiger partial charge in [0.1, 0.15) is 5.54 Å². The van der Waals surface area contributed by atoms with Crippen molar-refractivity contribution in [3.63, 3.8) is 0 Å². The van der Waals surface area contributed by atoms with Crippen molar-refractivity contribution in [2.45, 2.75) is 64.8 Å². The van der Waals surface area contributed by atoms with E-state index in [4.69, 9.17) is 10.5 Å². The van der Waals surface area contributed by atoms with Gasteiger partial charge in [-0.05, 0) is 43.9 Å². The van der Waals surface area contributed by atoms with E-state index in [1.807, 2.05) is 0 Å². The summed E-state index contributed by atoms with van der Waals surface area (Å²) in [4.78, 5) is 11.9. The zero-order chi connectivity index (χ0) is 12.9. The highest BCUT2D eigenvalue weighted by molar-refractivity contribution is 5.80. The van der Waals surface area contributed by atoms with E-state index in [-0.39, 0.29) is 5.97 Å². The normalized spacial score (nSPS) is 29.4. The molecule has 0 unspecified atom stereocenters. The maximum Gasteiger partial charge on any atom is 0.326 e. The molecule has 1 aliphatic carbocycles. The topological polar surface area (TPSA) is 52.3 Å². The van der Waals surface area contributed by atoms with E-state index >= 15 is 0 Å². The number of hydrogen-bond acceptors (Lipinski definition) is 3. The zero-order valence-corrected chi connectivity index (χ0v) is 11.5. The Morgan fingerprint density at radius 1 is 1.41 bits per heavy atom. The first kappa shape index (κ1) is 14.5. The molecule has 0 spiro atoms. The molecule has 3 heteroatoms. The molecule has 3 nitrogen and oxygen atoms in total. The Kier molecular flexibility index (Phi) is 5.44. The monoisotopic (exact) mass is 241 g/mol. The molecule has 0 bridgehead atoms. The van der Waals surface area contributed by atoms with E-state index in [0.29, 0.717) is 12.5 Å². The highest BCUT2D eigenvalue weighted by Gasteiger charge is 2.39. The summed E-state index contributed by atoms with van der Waals surface area (Å²) in [6, 6.07) is 0. The van der Waals surface area contributed by atoms with E-state index in [1.54, 1.807) is 0 Å². The molecule has 0 aromatic heterocycles. The first-order valence-electron chi connectivity index (χ1n) is 6.94. The minimum absolute atomic E-state index is 0.187. The summed E-state index contributed by atoms with van der Waals surface area (Å²) in [7, 11) is 0. The molecule has 1 fully saturated rings. The maximum atomic E-state index is 11.9. The summed E-state index contributed by atoms with van der Waals surface area (Å²) in [6.07, 6.45) is 5.80. The van der Waals surface area contributed by atoms with E-state index in [1.165, 1.54) is 6.42 Å². The lowest BCUT2D eigenvalue weighted by molar-refractivity contribution is -0.152. The highest BCUT2D eigenvalue weighted by atomic mass is 16.5. The zero-order valence-electron chi connectivity index (χ0n) is 11.5. The van der Waals surface area contributed by atoms with E-state index < -0.39 is 5.54 Å². The Bertz CT molecular complexity index is 243. The van der Waals surface area contributed by atoms with Crippen molar-refractivity contribution in [1.82, 2.24) is 0 Å². The first-order valence-corrected chi connectivity index (χ1v) is 6.94. The predicted octanol–water partition coefficient (Wildman–Crippen LogP) is 2.87. The van der Waals surface area contributed by atoms with Crippen LogP contribution in [-0.4, -0.2) is 18.1 Å². The Balaban J connectivity index is 2.35. The van der Waals surface area contributed by atoms with Crippen molar-refractivity contribution in [3.05, 3.63) is 0 Å². The molecule has 0 heterocycles. The van der Waals surface area contributed by atoms with Gasteiger partial charge in [0.2, 0.25) is 0 Å². The van der Waals surface area contributed by atoms with Crippen LogP contribution in [0.4, 0.5) is 0 Å². The second-order valence-corrected chi connectivity index (χ2v) is 5.83. The Labute approximate surface area is 105 Å². The molecule has 0 aliphatic heterocycles. The van der Waals surface area contributed by atoms with Crippen LogP contribution in [0.15, 0.2) is 0 Å². The van der Waals surface area contributed by atoms with Gasteiger partial charge in [-0.25, -0.2) is 0 Å². The SMILES string of the molecule is CCC1CCC(N)(C(=O)OCCC(C)C)CC1. The fourth-order valence-electron chi connectivity index (χ4n) is 2.34. The highest BCUT2D eigenvalue weighted by Crippen LogP contribution is 2.32. The summed E-state index contributed by atoms with van der Waals surface area (Å²) >= 11 is 0. The molecular formula is C14H27NO2. The standard InChI is InChI=1S/C14H27NO2/c1-4-12-5-8-14(15,9-6-12)13(16)17-10-7-11(2)3/h11-12H,4-10,15H2,1-3H3. The summed E-state index contributed by atoms with van der Waals surface area (Å²) in [5.74, 6) is 1.12. The fraction of sp³-hybridized carbons (Fsp3) is 0.929. The number of ether oxygens (including phenoxy) is 1. The number of carbonyl (C=O) groups is 1. The van der Waals surface area contributed by atoms with Gasteiger partial charge in [-0.2, -0.15) is 0 Å². The summed E-state index contributed by atoms with van der Waals surface area (Å²) in [5, 5.41) is 0. The van der Waals surface area contributed by atoms with Gasteiger partial charge in [-0.3, -0.25) is 4.79 Å². The van der Waals surface area contributed by atoms with Crippen LogP contribution in [0.1, 0.15) is 59.3 Å². The summed E-state index contributed by atoms with van der Waals surface area (Å²) < 4.78 is 5.30. The lowest BCUT2D eigenvalue weighted by Gasteiger charge is -2.34. The van der Waals surface area contributed by atoms with Crippen molar-refractivity contribution in [2.24, 2.45) is 17.6 Å². The van der Waals surface area contributed by atoms with Crippen molar-refractivity contribution in [3.8, 4) is 0 Å². The molecule has 0 amide bonds. The van der Waals surface area contributed by atoms with Crippen LogP contribution in [0.25, 0.3) is 0 Å². The maximum absolute atomic E-state index is 11.9. The van der Waals surface area contributed by atoms with Gasteiger partial charge < -0.3 is 10.5 Å². The lowest BCUT2D eigenvalue weighted by atomic mass is 9.76. The second kappa shape index (κ2) is 6.39. The second-order valence-electron chi connectivity index (χ2n) is 5.83. The van der Waals surface area contributed by atoms with Gasteiger partial charge in [0.15, 0.2) is 0 Å². The van der Waals surface area contributed by atoms with Crippen molar-refractivity contribution < 1.29 is 9.53 Å². The molecule has 1 saturated carbocycles. The van der Waals surface area contributed by atoms with Gasteiger partial charge in [-0.1, -0.05) is 27.2 Å².